The Labute approximate surface area is 193 Å². The SMILES string of the molecule is CC(C(=O)N1c2ccccc2N(C)C(=O)c2cnc(-c3ccccc3)nc21)N1CCCCC1. The third-order valence-corrected chi connectivity index (χ3v) is 6.55. The molecule has 2 aliphatic heterocycles. The normalized spacial score (nSPS) is 17.2. The van der Waals surface area contributed by atoms with Gasteiger partial charge in [-0.25, -0.2) is 9.97 Å². The number of anilines is 3. The number of fused-ring (bicyclic) bond motifs is 2. The maximum absolute atomic E-state index is 14.0. The standard InChI is InChI=1S/C26H27N5O2/c1-18(30-15-9-4-10-16-30)25(32)31-22-14-8-7-13-21(22)29(2)26(33)20-17-27-23(28-24(20)31)19-11-5-3-6-12-19/h3,5-8,11-14,17-18H,4,9-10,15-16H2,1-2H3. The van der Waals surface area contributed by atoms with Gasteiger partial charge in [0.2, 0.25) is 5.91 Å². The highest BCUT2D eigenvalue weighted by Crippen LogP contribution is 2.40. The van der Waals surface area contributed by atoms with E-state index >= 15 is 0 Å². The first-order valence-electron chi connectivity index (χ1n) is 11.4. The lowest BCUT2D eigenvalue weighted by molar-refractivity contribution is -0.122. The van der Waals surface area contributed by atoms with E-state index in [4.69, 9.17) is 4.98 Å². The van der Waals surface area contributed by atoms with Crippen molar-refractivity contribution in [2.24, 2.45) is 0 Å². The predicted molar refractivity (Wildman–Crippen MR) is 129 cm³/mol. The molecule has 2 amide bonds. The van der Waals surface area contributed by atoms with Crippen LogP contribution in [-0.4, -0.2) is 52.9 Å². The molecule has 3 aromatic rings. The van der Waals surface area contributed by atoms with Gasteiger partial charge in [-0.15, -0.1) is 0 Å². The van der Waals surface area contributed by atoms with Crippen LogP contribution in [0.25, 0.3) is 11.4 Å². The van der Waals surface area contributed by atoms with Crippen molar-refractivity contribution in [3.05, 3.63) is 66.4 Å². The largest absolute Gasteiger partial charge is 0.309 e. The molecule has 7 nitrogen and oxygen atoms in total. The number of hydrogen-bond acceptors (Lipinski definition) is 5. The summed E-state index contributed by atoms with van der Waals surface area (Å²) < 4.78 is 0. The minimum absolute atomic E-state index is 0.0913. The smallest absolute Gasteiger partial charge is 0.263 e. The first-order valence-corrected chi connectivity index (χ1v) is 11.4. The van der Waals surface area contributed by atoms with Crippen molar-refractivity contribution in [1.82, 2.24) is 14.9 Å². The zero-order valence-electron chi connectivity index (χ0n) is 18.9. The molecule has 0 N–H and O–H groups in total. The highest BCUT2D eigenvalue weighted by atomic mass is 16.2. The van der Waals surface area contributed by atoms with Gasteiger partial charge in [0.15, 0.2) is 11.6 Å². The number of carbonyl (C=O) groups excluding carboxylic acids is 2. The molecule has 0 spiro atoms. The summed E-state index contributed by atoms with van der Waals surface area (Å²) in [6.45, 7) is 3.74. The molecule has 0 radical (unpaired) electrons. The number of nitrogens with zero attached hydrogens (tertiary/aromatic N) is 5. The van der Waals surface area contributed by atoms with Gasteiger partial charge in [-0.3, -0.25) is 19.4 Å². The Morgan fingerprint density at radius 1 is 0.939 bits per heavy atom. The molecular formula is C26H27N5O2. The molecule has 3 heterocycles. The summed E-state index contributed by atoms with van der Waals surface area (Å²) in [6.07, 6.45) is 4.92. The minimum atomic E-state index is -0.333. The second-order valence-corrected chi connectivity index (χ2v) is 8.60. The molecule has 1 fully saturated rings. The van der Waals surface area contributed by atoms with Crippen LogP contribution in [0.2, 0.25) is 0 Å². The molecule has 1 unspecified atom stereocenters. The summed E-state index contributed by atoms with van der Waals surface area (Å²) in [4.78, 5) is 42.1. The van der Waals surface area contributed by atoms with Crippen molar-refractivity contribution in [1.29, 1.82) is 0 Å². The van der Waals surface area contributed by atoms with Crippen LogP contribution in [0, 0.1) is 0 Å². The maximum atomic E-state index is 14.0. The number of carbonyl (C=O) groups is 2. The Hall–Kier alpha value is -3.58. The van der Waals surface area contributed by atoms with E-state index < -0.39 is 0 Å². The van der Waals surface area contributed by atoms with Crippen LogP contribution >= 0.6 is 0 Å². The number of piperidine rings is 1. The third-order valence-electron chi connectivity index (χ3n) is 6.55. The van der Waals surface area contributed by atoms with Crippen molar-refractivity contribution in [2.75, 3.05) is 29.9 Å². The number of benzene rings is 2. The first-order chi connectivity index (χ1) is 16.1. The minimum Gasteiger partial charge on any atom is -0.309 e. The number of rotatable bonds is 3. The summed E-state index contributed by atoms with van der Waals surface area (Å²) in [5, 5.41) is 0. The topological polar surface area (TPSA) is 69.6 Å². The molecule has 5 rings (SSSR count). The van der Waals surface area contributed by atoms with Crippen molar-refractivity contribution in [3.8, 4) is 11.4 Å². The molecule has 1 atom stereocenters. The van der Waals surface area contributed by atoms with E-state index in [0.29, 0.717) is 28.6 Å². The molecule has 7 heteroatoms. The average Bonchev–Trinajstić information content (AvgIpc) is 2.97. The van der Waals surface area contributed by atoms with E-state index in [2.05, 4.69) is 9.88 Å². The van der Waals surface area contributed by atoms with Crippen molar-refractivity contribution < 1.29 is 9.59 Å². The van der Waals surface area contributed by atoms with Crippen LogP contribution in [0.3, 0.4) is 0 Å². The van der Waals surface area contributed by atoms with Gasteiger partial charge < -0.3 is 4.90 Å². The number of para-hydroxylation sites is 2. The fourth-order valence-corrected chi connectivity index (χ4v) is 4.63. The summed E-state index contributed by atoms with van der Waals surface area (Å²) in [7, 11) is 1.72. The van der Waals surface area contributed by atoms with Gasteiger partial charge in [0.25, 0.3) is 5.91 Å². The van der Waals surface area contributed by atoms with E-state index in [1.807, 2.05) is 61.5 Å². The molecule has 0 bridgehead atoms. The molecular weight excluding hydrogens is 414 g/mol. The number of hydrogen-bond donors (Lipinski definition) is 0. The van der Waals surface area contributed by atoms with Gasteiger partial charge in [0, 0.05) is 18.8 Å². The molecule has 0 aliphatic carbocycles. The summed E-state index contributed by atoms with van der Waals surface area (Å²) >= 11 is 0. The van der Waals surface area contributed by atoms with Crippen LogP contribution in [0.5, 0.6) is 0 Å². The Kier molecular flexibility index (Phi) is 5.64. The van der Waals surface area contributed by atoms with Crippen LogP contribution < -0.4 is 9.80 Å². The fraction of sp³-hybridized carbons (Fsp3) is 0.308. The van der Waals surface area contributed by atoms with Crippen molar-refractivity contribution in [3.63, 3.8) is 0 Å². The average molecular weight is 442 g/mol. The number of amides is 2. The van der Waals surface area contributed by atoms with E-state index in [9.17, 15) is 9.59 Å². The monoisotopic (exact) mass is 441 g/mol. The number of aromatic nitrogens is 2. The fourth-order valence-electron chi connectivity index (χ4n) is 4.63. The Bertz CT molecular complexity index is 1190. The van der Waals surface area contributed by atoms with Gasteiger partial charge in [0.1, 0.15) is 5.56 Å². The van der Waals surface area contributed by atoms with Gasteiger partial charge in [-0.05, 0) is 45.0 Å². The molecule has 0 saturated carbocycles. The van der Waals surface area contributed by atoms with E-state index in [-0.39, 0.29) is 17.9 Å². The molecule has 1 saturated heterocycles. The Morgan fingerprint density at radius 3 is 2.33 bits per heavy atom. The van der Waals surface area contributed by atoms with Gasteiger partial charge >= 0.3 is 0 Å². The van der Waals surface area contributed by atoms with Crippen LogP contribution in [0.4, 0.5) is 17.2 Å². The highest BCUT2D eigenvalue weighted by Gasteiger charge is 2.37. The summed E-state index contributed by atoms with van der Waals surface area (Å²) in [5.74, 6) is 0.483. The first kappa shape index (κ1) is 21.3. The van der Waals surface area contributed by atoms with Crippen molar-refractivity contribution in [2.45, 2.75) is 32.2 Å². The Morgan fingerprint density at radius 2 is 1.61 bits per heavy atom. The second-order valence-electron chi connectivity index (χ2n) is 8.60. The van der Waals surface area contributed by atoms with E-state index in [1.165, 1.54) is 6.42 Å². The second kappa shape index (κ2) is 8.75. The molecule has 1 aromatic heterocycles. The van der Waals surface area contributed by atoms with Crippen LogP contribution in [0.1, 0.15) is 36.5 Å². The predicted octanol–water partition coefficient (Wildman–Crippen LogP) is 4.27. The van der Waals surface area contributed by atoms with E-state index in [1.54, 1.807) is 23.0 Å². The molecule has 2 aromatic carbocycles. The third kappa shape index (κ3) is 3.78. The quantitative estimate of drug-likeness (QED) is 0.607. The van der Waals surface area contributed by atoms with Gasteiger partial charge in [0.05, 0.1) is 17.4 Å². The van der Waals surface area contributed by atoms with Crippen LogP contribution in [0.15, 0.2) is 60.8 Å². The van der Waals surface area contributed by atoms with Gasteiger partial charge in [-0.1, -0.05) is 48.9 Å². The maximum Gasteiger partial charge on any atom is 0.263 e. The molecule has 2 aliphatic rings. The number of likely N-dealkylation sites (tertiary alicyclic amines) is 1. The summed E-state index contributed by atoms with van der Waals surface area (Å²) in [5.41, 5.74) is 2.46. The van der Waals surface area contributed by atoms with Crippen molar-refractivity contribution >= 4 is 29.0 Å². The lowest BCUT2D eigenvalue weighted by atomic mass is 10.1. The zero-order valence-corrected chi connectivity index (χ0v) is 18.9. The van der Waals surface area contributed by atoms with E-state index in [0.717, 1.165) is 31.5 Å². The molecule has 168 valence electrons. The van der Waals surface area contributed by atoms with Crippen LogP contribution in [-0.2, 0) is 4.79 Å². The van der Waals surface area contributed by atoms with Gasteiger partial charge in [-0.2, -0.15) is 0 Å². The Balaban J connectivity index is 1.68. The summed E-state index contributed by atoms with van der Waals surface area (Å²) in [6, 6.07) is 16.8. The zero-order chi connectivity index (χ0) is 22.9. The highest BCUT2D eigenvalue weighted by molar-refractivity contribution is 6.18. The lowest BCUT2D eigenvalue weighted by Gasteiger charge is -2.34. The molecule has 33 heavy (non-hydrogen) atoms. The lowest BCUT2D eigenvalue weighted by Crippen LogP contribution is -2.48.